The van der Waals surface area contributed by atoms with E-state index < -0.39 is 24.0 Å². The first-order valence-corrected chi connectivity index (χ1v) is 8.62. The Labute approximate surface area is 155 Å². The molecule has 0 bridgehead atoms. The van der Waals surface area contributed by atoms with Gasteiger partial charge in [0.2, 0.25) is 0 Å². The summed E-state index contributed by atoms with van der Waals surface area (Å²) in [5.74, 6) is 1.15. The zero-order valence-electron chi connectivity index (χ0n) is 16.6. The second-order valence-electron chi connectivity index (χ2n) is 7.22. The van der Waals surface area contributed by atoms with E-state index in [0.29, 0.717) is 35.7 Å². The van der Waals surface area contributed by atoms with Gasteiger partial charge in [0.25, 0.3) is 0 Å². The lowest BCUT2D eigenvalue weighted by atomic mass is 9.81. The highest BCUT2D eigenvalue weighted by Gasteiger charge is 2.53. The Bertz CT molecular complexity index is 656. The van der Waals surface area contributed by atoms with E-state index in [1.54, 1.807) is 39.5 Å². The van der Waals surface area contributed by atoms with Crippen LogP contribution in [0.1, 0.15) is 39.7 Å². The van der Waals surface area contributed by atoms with Crippen molar-refractivity contribution in [2.24, 2.45) is 0 Å². The monoisotopic (exact) mass is 366 g/mol. The fourth-order valence-electron chi connectivity index (χ4n) is 2.73. The molecule has 0 aromatic heterocycles. The zero-order chi connectivity index (χ0) is 19.5. The van der Waals surface area contributed by atoms with Crippen molar-refractivity contribution >= 4 is 12.7 Å². The molecule has 0 saturated carbocycles. The summed E-state index contributed by atoms with van der Waals surface area (Å²) in [5, 5.41) is 0. The third-order valence-electron chi connectivity index (χ3n) is 5.04. The van der Waals surface area contributed by atoms with E-state index in [1.165, 1.54) is 0 Å². The lowest BCUT2D eigenvalue weighted by Gasteiger charge is -2.32. The molecule has 1 aliphatic heterocycles. The molecule has 0 unspecified atom stereocenters. The first kappa shape index (κ1) is 20.7. The number of hydrogen-bond donors (Lipinski definition) is 0. The Morgan fingerprint density at radius 3 is 2.15 bits per heavy atom. The van der Waals surface area contributed by atoms with Crippen LogP contribution in [0.25, 0.3) is 5.57 Å². The molecule has 5 nitrogen and oxygen atoms in total. The van der Waals surface area contributed by atoms with Gasteiger partial charge in [0, 0.05) is 12.7 Å². The molecule has 26 heavy (non-hydrogen) atoms. The minimum Gasteiger partial charge on any atom is -0.497 e. The van der Waals surface area contributed by atoms with E-state index in [-0.39, 0.29) is 0 Å². The Morgan fingerprint density at radius 1 is 1.04 bits per heavy atom. The van der Waals surface area contributed by atoms with Gasteiger partial charge < -0.3 is 23.5 Å². The molecular weight excluding hydrogens is 338 g/mol. The predicted octanol–water partition coefficient (Wildman–Crippen LogP) is 4.05. The topological polar surface area (TPSA) is 46.2 Å². The van der Waals surface area contributed by atoms with Gasteiger partial charge in [0.1, 0.15) is 17.2 Å². The molecule has 0 spiro atoms. The van der Waals surface area contributed by atoms with Crippen LogP contribution in [0.15, 0.2) is 23.9 Å². The van der Waals surface area contributed by atoms with E-state index in [4.69, 9.17) is 23.5 Å². The Hall–Kier alpha value is -1.57. The number of benzene rings is 1. The normalized spacial score (nSPS) is 19.3. The molecule has 0 radical (unpaired) electrons. The summed E-state index contributed by atoms with van der Waals surface area (Å²) in [6, 6.07) is 5.26. The molecule has 1 aromatic carbocycles. The van der Waals surface area contributed by atoms with Crippen LogP contribution >= 0.6 is 0 Å². The van der Waals surface area contributed by atoms with Crippen molar-refractivity contribution in [3.8, 4) is 11.5 Å². The van der Waals surface area contributed by atoms with Crippen molar-refractivity contribution in [1.29, 1.82) is 0 Å². The smallest absolute Gasteiger partial charge is 0.497 e. The first-order valence-electron chi connectivity index (χ1n) is 8.62. The Morgan fingerprint density at radius 2 is 1.65 bits per heavy atom. The van der Waals surface area contributed by atoms with Crippen LogP contribution in [0.5, 0.6) is 11.5 Å². The molecule has 0 aliphatic carbocycles. The largest absolute Gasteiger partial charge is 0.525 e. The van der Waals surface area contributed by atoms with Gasteiger partial charge in [-0.2, -0.15) is 0 Å². The molecule has 1 fully saturated rings. The maximum Gasteiger partial charge on any atom is 0.525 e. The van der Waals surface area contributed by atoms with Crippen molar-refractivity contribution in [3.63, 3.8) is 0 Å². The van der Waals surface area contributed by atoms with E-state index in [1.807, 2.05) is 27.7 Å². The summed E-state index contributed by atoms with van der Waals surface area (Å²) in [6.07, 6.45) is 0.343. The maximum absolute atomic E-state index is 15.5. The minimum absolute atomic E-state index is 0.343. The molecule has 1 saturated heterocycles. The van der Waals surface area contributed by atoms with Crippen LogP contribution in [0.4, 0.5) is 4.39 Å². The Balaban J connectivity index is 2.52. The average molecular weight is 366 g/mol. The average Bonchev–Trinajstić information content (AvgIpc) is 2.82. The summed E-state index contributed by atoms with van der Waals surface area (Å²) in [4.78, 5) is 0. The molecule has 0 amide bonds. The lowest BCUT2D eigenvalue weighted by molar-refractivity contribution is 0.00578. The van der Waals surface area contributed by atoms with Gasteiger partial charge >= 0.3 is 7.12 Å². The number of ether oxygens (including phenoxy) is 3. The zero-order valence-corrected chi connectivity index (χ0v) is 16.6. The van der Waals surface area contributed by atoms with Crippen LogP contribution in [0.2, 0.25) is 0 Å². The van der Waals surface area contributed by atoms with Gasteiger partial charge in [-0.3, -0.25) is 0 Å². The van der Waals surface area contributed by atoms with E-state index >= 15 is 4.39 Å². The summed E-state index contributed by atoms with van der Waals surface area (Å²) >= 11 is 0. The highest BCUT2D eigenvalue weighted by atomic mass is 19.1. The van der Waals surface area contributed by atoms with Crippen LogP contribution < -0.4 is 9.47 Å². The van der Waals surface area contributed by atoms with Gasteiger partial charge in [-0.05, 0) is 57.9 Å². The first-order chi connectivity index (χ1) is 12.2. The standard InChI is InChI=1S/C19H28BFO5/c1-18(2)19(3,4)26-20(25-18)17(21)14(10-11-22-5)15-12-13(23-6)8-9-16(15)24-7/h8-9,12H,10-11H2,1-7H3. The van der Waals surface area contributed by atoms with Crippen LogP contribution in [-0.2, 0) is 14.0 Å². The second-order valence-corrected chi connectivity index (χ2v) is 7.22. The van der Waals surface area contributed by atoms with Gasteiger partial charge in [0.15, 0.2) is 0 Å². The highest BCUT2D eigenvalue weighted by Crippen LogP contribution is 2.42. The van der Waals surface area contributed by atoms with Crippen molar-refractivity contribution in [2.75, 3.05) is 27.9 Å². The van der Waals surface area contributed by atoms with Gasteiger partial charge in [-0.15, -0.1) is 0 Å². The molecule has 0 N–H and O–H groups in total. The number of rotatable bonds is 7. The summed E-state index contributed by atoms with van der Waals surface area (Å²) in [5.41, 5.74) is -0.718. The van der Waals surface area contributed by atoms with Gasteiger partial charge in [0.05, 0.1) is 32.0 Å². The van der Waals surface area contributed by atoms with E-state index in [2.05, 4.69) is 0 Å². The highest BCUT2D eigenvalue weighted by molar-refractivity contribution is 6.55. The number of methoxy groups -OCH3 is 3. The van der Waals surface area contributed by atoms with Crippen molar-refractivity contribution in [3.05, 3.63) is 29.5 Å². The predicted molar refractivity (Wildman–Crippen MR) is 100 cm³/mol. The molecule has 7 heteroatoms. The van der Waals surface area contributed by atoms with Gasteiger partial charge in [-0.25, -0.2) is 4.39 Å². The molecule has 1 aromatic rings. The SMILES string of the molecule is COCCC(=C(F)B1OC(C)(C)C(C)(C)O1)c1cc(OC)ccc1OC. The molecule has 1 aliphatic rings. The molecule has 0 atom stereocenters. The quantitative estimate of drug-likeness (QED) is 0.682. The van der Waals surface area contributed by atoms with Crippen molar-refractivity contribution < 1.29 is 27.9 Å². The van der Waals surface area contributed by atoms with Crippen LogP contribution in [0.3, 0.4) is 0 Å². The summed E-state index contributed by atoms with van der Waals surface area (Å²) in [7, 11) is 3.61. The third-order valence-corrected chi connectivity index (χ3v) is 5.04. The molecular formula is C19H28BFO5. The van der Waals surface area contributed by atoms with Crippen molar-refractivity contribution in [1.82, 2.24) is 0 Å². The second kappa shape index (κ2) is 7.98. The maximum atomic E-state index is 15.5. The number of halogens is 1. The molecule has 144 valence electrons. The van der Waals surface area contributed by atoms with Crippen molar-refractivity contribution in [2.45, 2.75) is 45.3 Å². The molecule has 2 rings (SSSR count). The van der Waals surface area contributed by atoms with Gasteiger partial charge in [-0.1, -0.05) is 0 Å². The van der Waals surface area contributed by atoms with E-state index in [9.17, 15) is 0 Å². The lowest BCUT2D eigenvalue weighted by Crippen LogP contribution is -2.41. The summed E-state index contributed by atoms with van der Waals surface area (Å²) < 4.78 is 43.1. The van der Waals surface area contributed by atoms with Crippen LogP contribution in [-0.4, -0.2) is 46.3 Å². The summed E-state index contributed by atoms with van der Waals surface area (Å²) in [6.45, 7) is 7.91. The van der Waals surface area contributed by atoms with Crippen LogP contribution in [0, 0.1) is 0 Å². The Kier molecular flexibility index (Phi) is 6.37. The minimum atomic E-state index is -1.08. The fourth-order valence-corrected chi connectivity index (χ4v) is 2.73. The molecule has 1 heterocycles. The number of hydrogen-bond acceptors (Lipinski definition) is 5. The fraction of sp³-hybridized carbons (Fsp3) is 0.579. The van der Waals surface area contributed by atoms with E-state index in [0.717, 1.165) is 0 Å². The third kappa shape index (κ3) is 4.05.